The van der Waals surface area contributed by atoms with Crippen molar-refractivity contribution in [2.24, 2.45) is 0 Å². The SMILES string of the molecule is CCNC(=O)[C@@H](C)N(Cc1ccc(Br)cc1)C(=O)CCSc1ccc(C)cc1. The molecule has 0 aliphatic heterocycles. The molecule has 2 aromatic rings. The molecule has 0 radical (unpaired) electrons. The zero-order chi connectivity index (χ0) is 20.5. The molecule has 2 aromatic carbocycles. The van der Waals surface area contributed by atoms with E-state index in [1.807, 2.05) is 31.2 Å². The van der Waals surface area contributed by atoms with Crippen molar-refractivity contribution in [2.75, 3.05) is 12.3 Å². The number of aryl methyl sites for hydroxylation is 1. The number of carbonyl (C=O) groups excluding carboxylic acids is 2. The summed E-state index contributed by atoms with van der Waals surface area (Å²) in [6.07, 6.45) is 0.388. The third-order valence-corrected chi connectivity index (χ3v) is 5.93. The van der Waals surface area contributed by atoms with Crippen LogP contribution in [0.2, 0.25) is 0 Å². The summed E-state index contributed by atoms with van der Waals surface area (Å²) in [5, 5.41) is 2.82. The lowest BCUT2D eigenvalue weighted by molar-refractivity contribution is -0.140. The third-order valence-electron chi connectivity index (χ3n) is 4.39. The number of nitrogens with zero attached hydrogens (tertiary/aromatic N) is 1. The van der Waals surface area contributed by atoms with Gasteiger partial charge >= 0.3 is 0 Å². The topological polar surface area (TPSA) is 49.4 Å². The second-order valence-corrected chi connectivity index (χ2v) is 8.71. The van der Waals surface area contributed by atoms with Gasteiger partial charge in [0.25, 0.3) is 0 Å². The molecule has 0 heterocycles. The predicted molar refractivity (Wildman–Crippen MR) is 119 cm³/mol. The Labute approximate surface area is 180 Å². The van der Waals surface area contributed by atoms with E-state index in [-0.39, 0.29) is 11.8 Å². The standard InChI is InChI=1S/C22H27BrN2O2S/c1-4-24-22(27)17(3)25(15-18-7-9-19(23)10-8-18)21(26)13-14-28-20-11-5-16(2)6-12-20/h5-12,17H,4,13-15H2,1-3H3,(H,24,27)/t17-/m1/s1. The van der Waals surface area contributed by atoms with Gasteiger partial charge in [0, 0.05) is 34.6 Å². The van der Waals surface area contributed by atoms with Crippen molar-refractivity contribution < 1.29 is 9.59 Å². The fourth-order valence-electron chi connectivity index (χ4n) is 2.73. The zero-order valence-corrected chi connectivity index (χ0v) is 19.0. The Morgan fingerprint density at radius 1 is 1.11 bits per heavy atom. The van der Waals surface area contributed by atoms with Gasteiger partial charge in [0.1, 0.15) is 6.04 Å². The van der Waals surface area contributed by atoms with Gasteiger partial charge in [-0.05, 0) is 50.6 Å². The largest absolute Gasteiger partial charge is 0.355 e. The molecule has 1 N–H and O–H groups in total. The fourth-order valence-corrected chi connectivity index (χ4v) is 3.83. The lowest BCUT2D eigenvalue weighted by Gasteiger charge is -2.28. The molecule has 28 heavy (non-hydrogen) atoms. The number of hydrogen-bond donors (Lipinski definition) is 1. The number of hydrogen-bond acceptors (Lipinski definition) is 3. The van der Waals surface area contributed by atoms with Crippen LogP contribution in [0.25, 0.3) is 0 Å². The molecule has 0 aliphatic carbocycles. The van der Waals surface area contributed by atoms with Crippen LogP contribution in [-0.4, -0.2) is 35.1 Å². The molecule has 0 spiro atoms. The molecule has 0 saturated heterocycles. The Morgan fingerprint density at radius 2 is 1.75 bits per heavy atom. The van der Waals surface area contributed by atoms with Gasteiger partial charge in [-0.1, -0.05) is 45.8 Å². The number of amides is 2. The first kappa shape index (κ1) is 22.5. The molecular weight excluding hydrogens is 436 g/mol. The fraction of sp³-hybridized carbons (Fsp3) is 0.364. The highest BCUT2D eigenvalue weighted by atomic mass is 79.9. The Morgan fingerprint density at radius 3 is 2.36 bits per heavy atom. The van der Waals surface area contributed by atoms with Gasteiger partial charge in [-0.15, -0.1) is 11.8 Å². The smallest absolute Gasteiger partial charge is 0.242 e. The van der Waals surface area contributed by atoms with E-state index in [9.17, 15) is 9.59 Å². The lowest BCUT2D eigenvalue weighted by atomic mass is 10.1. The Balaban J connectivity index is 2.03. The minimum Gasteiger partial charge on any atom is -0.355 e. The molecule has 2 amide bonds. The molecule has 0 unspecified atom stereocenters. The van der Waals surface area contributed by atoms with Crippen LogP contribution >= 0.6 is 27.7 Å². The van der Waals surface area contributed by atoms with Crippen LogP contribution in [0, 0.1) is 6.92 Å². The van der Waals surface area contributed by atoms with E-state index in [4.69, 9.17) is 0 Å². The van der Waals surface area contributed by atoms with E-state index in [0.29, 0.717) is 25.3 Å². The van der Waals surface area contributed by atoms with Gasteiger partial charge in [-0.25, -0.2) is 0 Å². The van der Waals surface area contributed by atoms with Crippen LogP contribution in [-0.2, 0) is 16.1 Å². The summed E-state index contributed by atoms with van der Waals surface area (Å²) in [5.41, 5.74) is 2.22. The molecule has 2 rings (SSSR count). The quantitative estimate of drug-likeness (QED) is 0.544. The number of benzene rings is 2. The van der Waals surface area contributed by atoms with Crippen molar-refractivity contribution in [3.63, 3.8) is 0 Å². The molecule has 0 fully saturated rings. The predicted octanol–water partition coefficient (Wildman–Crippen LogP) is 4.79. The highest BCUT2D eigenvalue weighted by Crippen LogP contribution is 2.21. The summed E-state index contributed by atoms with van der Waals surface area (Å²) in [6, 6.07) is 15.6. The summed E-state index contributed by atoms with van der Waals surface area (Å²) in [6.45, 7) is 6.69. The van der Waals surface area contributed by atoms with Crippen LogP contribution in [0.4, 0.5) is 0 Å². The zero-order valence-electron chi connectivity index (χ0n) is 16.6. The van der Waals surface area contributed by atoms with Crippen molar-refractivity contribution in [2.45, 2.75) is 44.7 Å². The Kier molecular flexibility index (Phi) is 9.06. The first-order valence-corrected chi connectivity index (χ1v) is 11.2. The van der Waals surface area contributed by atoms with Crippen molar-refractivity contribution in [1.29, 1.82) is 0 Å². The molecule has 150 valence electrons. The van der Waals surface area contributed by atoms with Crippen molar-refractivity contribution in [3.05, 3.63) is 64.1 Å². The summed E-state index contributed by atoms with van der Waals surface area (Å²) in [5.74, 6) is 0.543. The molecule has 0 aliphatic rings. The van der Waals surface area contributed by atoms with Crippen LogP contribution in [0.15, 0.2) is 57.9 Å². The van der Waals surface area contributed by atoms with Crippen LogP contribution in [0.3, 0.4) is 0 Å². The molecule has 4 nitrogen and oxygen atoms in total. The van der Waals surface area contributed by atoms with Gasteiger partial charge < -0.3 is 10.2 Å². The number of nitrogens with one attached hydrogen (secondary N) is 1. The maximum absolute atomic E-state index is 12.9. The number of carbonyl (C=O) groups is 2. The molecule has 0 aromatic heterocycles. The summed E-state index contributed by atoms with van der Waals surface area (Å²) >= 11 is 5.09. The van der Waals surface area contributed by atoms with E-state index in [0.717, 1.165) is 14.9 Å². The highest BCUT2D eigenvalue weighted by molar-refractivity contribution is 9.10. The average molecular weight is 463 g/mol. The van der Waals surface area contributed by atoms with E-state index in [1.54, 1.807) is 23.6 Å². The number of thioether (sulfide) groups is 1. The summed E-state index contributed by atoms with van der Waals surface area (Å²) in [4.78, 5) is 28.1. The average Bonchev–Trinajstić information content (AvgIpc) is 2.68. The number of rotatable bonds is 9. The minimum absolute atomic E-state index is 0.0127. The van der Waals surface area contributed by atoms with Gasteiger partial charge in [0.05, 0.1) is 0 Å². The number of halogens is 1. The highest BCUT2D eigenvalue weighted by Gasteiger charge is 2.25. The molecule has 1 atom stereocenters. The van der Waals surface area contributed by atoms with Gasteiger partial charge in [0.15, 0.2) is 0 Å². The lowest BCUT2D eigenvalue weighted by Crippen LogP contribution is -2.47. The van der Waals surface area contributed by atoms with Gasteiger partial charge in [0.2, 0.25) is 11.8 Å². The summed E-state index contributed by atoms with van der Waals surface area (Å²) in [7, 11) is 0. The second kappa shape index (κ2) is 11.3. The van der Waals surface area contributed by atoms with E-state index in [2.05, 4.69) is 52.4 Å². The van der Waals surface area contributed by atoms with Gasteiger partial charge in [-0.3, -0.25) is 9.59 Å². The maximum atomic E-state index is 12.9. The maximum Gasteiger partial charge on any atom is 0.242 e. The molecule has 0 bridgehead atoms. The molecule has 0 saturated carbocycles. The van der Waals surface area contributed by atoms with Crippen molar-refractivity contribution in [1.82, 2.24) is 10.2 Å². The monoisotopic (exact) mass is 462 g/mol. The molecular formula is C22H27BrN2O2S. The van der Waals surface area contributed by atoms with Crippen LogP contribution in [0.1, 0.15) is 31.4 Å². The van der Waals surface area contributed by atoms with Crippen molar-refractivity contribution >= 4 is 39.5 Å². The van der Waals surface area contributed by atoms with E-state index < -0.39 is 6.04 Å². The van der Waals surface area contributed by atoms with Crippen LogP contribution < -0.4 is 5.32 Å². The van der Waals surface area contributed by atoms with Gasteiger partial charge in [-0.2, -0.15) is 0 Å². The Hall–Kier alpha value is -1.79. The first-order chi connectivity index (χ1) is 13.4. The molecule has 6 heteroatoms. The second-order valence-electron chi connectivity index (χ2n) is 6.63. The number of likely N-dealkylation sites (N-methyl/N-ethyl adjacent to an activating group) is 1. The Bertz CT molecular complexity index is 778. The first-order valence-electron chi connectivity index (χ1n) is 9.41. The van der Waals surface area contributed by atoms with E-state index >= 15 is 0 Å². The van der Waals surface area contributed by atoms with Crippen LogP contribution in [0.5, 0.6) is 0 Å². The normalized spacial score (nSPS) is 11.7. The summed E-state index contributed by atoms with van der Waals surface area (Å²) < 4.78 is 0.986. The third kappa shape index (κ3) is 6.99. The minimum atomic E-state index is -0.513. The van der Waals surface area contributed by atoms with E-state index in [1.165, 1.54) is 5.56 Å². The van der Waals surface area contributed by atoms with Crippen molar-refractivity contribution in [3.8, 4) is 0 Å².